The summed E-state index contributed by atoms with van der Waals surface area (Å²) in [5.41, 5.74) is 5.56. The molecule has 1 aliphatic rings. The number of methoxy groups -OCH3 is 1. The maximum Gasteiger partial charge on any atom is 0.185 e. The van der Waals surface area contributed by atoms with Gasteiger partial charge in [-0.3, -0.25) is 0 Å². The van der Waals surface area contributed by atoms with Crippen LogP contribution in [0, 0.1) is 0 Å². The van der Waals surface area contributed by atoms with Gasteiger partial charge in [0.25, 0.3) is 0 Å². The summed E-state index contributed by atoms with van der Waals surface area (Å²) in [6.45, 7) is 0. The van der Waals surface area contributed by atoms with Gasteiger partial charge in [-0.1, -0.05) is 0 Å². The summed E-state index contributed by atoms with van der Waals surface area (Å²) >= 11 is 4.01. The maximum absolute atomic E-state index is 5.56. The van der Waals surface area contributed by atoms with Crippen molar-refractivity contribution in [3.8, 4) is 0 Å². The molecular weight excluding hydrogens is 138 g/mol. The molecule has 3 unspecified atom stereocenters. The second-order valence-electron chi connectivity index (χ2n) is 2.05. The van der Waals surface area contributed by atoms with E-state index in [1.54, 1.807) is 7.11 Å². The molecule has 0 amide bonds. The minimum absolute atomic E-state index is 0.0123. The maximum atomic E-state index is 5.56. The zero-order chi connectivity index (χ0) is 6.85. The molecule has 54 valence electrons. The van der Waals surface area contributed by atoms with Crippen LogP contribution in [-0.4, -0.2) is 31.3 Å². The number of hydrogen-bond acceptors (Lipinski definition) is 4. The number of nitrogens with two attached hydrogens (primary N) is 1. The van der Waals surface area contributed by atoms with Crippen molar-refractivity contribution in [1.29, 1.82) is 0 Å². The monoisotopic (exact) mass is 149 g/mol. The van der Waals surface area contributed by atoms with Crippen molar-refractivity contribution >= 4 is 12.6 Å². The standard InChI is InChI=1S/C5H11NO2S/c1-7-5-4(8-5)3(6)2-9/h3-5,9H,2,6H2,1H3. The van der Waals surface area contributed by atoms with Crippen LogP contribution in [0.5, 0.6) is 0 Å². The molecule has 3 nitrogen and oxygen atoms in total. The molecule has 2 N–H and O–H groups in total. The van der Waals surface area contributed by atoms with Gasteiger partial charge in [0.05, 0.1) is 0 Å². The first-order valence-electron chi connectivity index (χ1n) is 2.84. The molecule has 0 aliphatic carbocycles. The molecule has 1 aliphatic heterocycles. The van der Waals surface area contributed by atoms with Gasteiger partial charge in [0.1, 0.15) is 6.10 Å². The number of hydrogen-bond donors (Lipinski definition) is 2. The van der Waals surface area contributed by atoms with E-state index in [2.05, 4.69) is 12.6 Å². The van der Waals surface area contributed by atoms with Crippen molar-refractivity contribution in [2.45, 2.75) is 18.4 Å². The third kappa shape index (κ3) is 1.58. The Morgan fingerprint density at radius 2 is 2.56 bits per heavy atom. The van der Waals surface area contributed by atoms with Gasteiger partial charge in [-0.25, -0.2) is 0 Å². The fraction of sp³-hybridized carbons (Fsp3) is 1.00. The summed E-state index contributed by atoms with van der Waals surface area (Å²) in [5, 5.41) is 0. The zero-order valence-electron chi connectivity index (χ0n) is 5.28. The van der Waals surface area contributed by atoms with Crippen molar-refractivity contribution in [1.82, 2.24) is 0 Å². The molecule has 0 bridgehead atoms. The molecule has 1 fully saturated rings. The van der Waals surface area contributed by atoms with Crippen LogP contribution in [-0.2, 0) is 9.47 Å². The molecule has 1 rings (SSSR count). The van der Waals surface area contributed by atoms with E-state index in [9.17, 15) is 0 Å². The summed E-state index contributed by atoms with van der Waals surface area (Å²) in [6, 6.07) is 0.0123. The molecule has 1 saturated heterocycles. The fourth-order valence-corrected chi connectivity index (χ4v) is 0.914. The Morgan fingerprint density at radius 3 is 2.89 bits per heavy atom. The van der Waals surface area contributed by atoms with Gasteiger partial charge >= 0.3 is 0 Å². The summed E-state index contributed by atoms with van der Waals surface area (Å²) in [5.74, 6) is 0.643. The number of epoxide rings is 1. The van der Waals surface area contributed by atoms with E-state index in [-0.39, 0.29) is 18.4 Å². The van der Waals surface area contributed by atoms with E-state index in [0.29, 0.717) is 5.75 Å². The highest BCUT2D eigenvalue weighted by molar-refractivity contribution is 7.80. The largest absolute Gasteiger partial charge is 0.353 e. The molecule has 0 saturated carbocycles. The SMILES string of the molecule is COC1OC1C(N)CS. The third-order valence-electron chi connectivity index (χ3n) is 1.35. The van der Waals surface area contributed by atoms with E-state index in [1.807, 2.05) is 0 Å². The van der Waals surface area contributed by atoms with Crippen LogP contribution >= 0.6 is 12.6 Å². The lowest BCUT2D eigenvalue weighted by atomic mass is 10.3. The molecule has 0 radical (unpaired) electrons. The van der Waals surface area contributed by atoms with Crippen molar-refractivity contribution in [3.05, 3.63) is 0 Å². The normalized spacial score (nSPS) is 36.3. The lowest BCUT2D eigenvalue weighted by molar-refractivity contribution is 0.0950. The Morgan fingerprint density at radius 1 is 1.89 bits per heavy atom. The average molecular weight is 149 g/mol. The third-order valence-corrected chi connectivity index (χ3v) is 1.77. The van der Waals surface area contributed by atoms with E-state index in [1.165, 1.54) is 0 Å². The topological polar surface area (TPSA) is 47.8 Å². The molecule has 3 atom stereocenters. The van der Waals surface area contributed by atoms with E-state index < -0.39 is 0 Å². The first-order chi connectivity index (χ1) is 4.29. The van der Waals surface area contributed by atoms with Gasteiger partial charge in [0, 0.05) is 18.9 Å². The molecule has 0 spiro atoms. The van der Waals surface area contributed by atoms with Gasteiger partial charge < -0.3 is 15.2 Å². The van der Waals surface area contributed by atoms with Gasteiger partial charge in [0.2, 0.25) is 0 Å². The number of rotatable bonds is 3. The van der Waals surface area contributed by atoms with Crippen LogP contribution in [0.4, 0.5) is 0 Å². The summed E-state index contributed by atoms with van der Waals surface area (Å²) in [4.78, 5) is 0. The first-order valence-corrected chi connectivity index (χ1v) is 3.47. The van der Waals surface area contributed by atoms with E-state index >= 15 is 0 Å². The fourth-order valence-electron chi connectivity index (χ4n) is 0.706. The molecule has 9 heavy (non-hydrogen) atoms. The Kier molecular flexibility index (Phi) is 2.35. The van der Waals surface area contributed by atoms with Crippen molar-refractivity contribution in [3.63, 3.8) is 0 Å². The highest BCUT2D eigenvalue weighted by Gasteiger charge is 2.43. The molecule has 0 aromatic rings. The van der Waals surface area contributed by atoms with Crippen LogP contribution < -0.4 is 5.73 Å². The van der Waals surface area contributed by atoms with Gasteiger partial charge in [-0.05, 0) is 0 Å². The molecule has 0 aromatic heterocycles. The zero-order valence-corrected chi connectivity index (χ0v) is 6.17. The minimum atomic E-state index is -0.0767. The predicted octanol–water partition coefficient (Wildman–Crippen LogP) is -0.385. The Hall–Kier alpha value is 0.230. The summed E-state index contributed by atoms with van der Waals surface area (Å²) in [6.07, 6.45) is -0.000324. The van der Waals surface area contributed by atoms with Crippen LogP contribution in [0.3, 0.4) is 0 Å². The quantitative estimate of drug-likeness (QED) is 0.424. The lowest BCUT2D eigenvalue weighted by Gasteiger charge is -2.00. The highest BCUT2D eigenvalue weighted by Crippen LogP contribution is 2.24. The Bertz CT molecular complexity index is 101. The molecular formula is C5H11NO2S. The number of ether oxygens (including phenoxy) is 2. The van der Waals surface area contributed by atoms with Gasteiger partial charge in [-0.15, -0.1) is 0 Å². The second-order valence-corrected chi connectivity index (χ2v) is 2.42. The second kappa shape index (κ2) is 2.88. The molecule has 1 heterocycles. The summed E-state index contributed by atoms with van der Waals surface area (Å²) in [7, 11) is 1.61. The number of thiol groups is 1. The van der Waals surface area contributed by atoms with Gasteiger partial charge in [-0.2, -0.15) is 12.6 Å². The van der Waals surface area contributed by atoms with Gasteiger partial charge in [0.15, 0.2) is 6.29 Å². The molecule has 4 heteroatoms. The van der Waals surface area contributed by atoms with Crippen molar-refractivity contribution < 1.29 is 9.47 Å². The van der Waals surface area contributed by atoms with Crippen LogP contribution in [0.1, 0.15) is 0 Å². The smallest absolute Gasteiger partial charge is 0.185 e. The van der Waals surface area contributed by atoms with Crippen molar-refractivity contribution in [2.24, 2.45) is 5.73 Å². The van der Waals surface area contributed by atoms with Crippen LogP contribution in [0.25, 0.3) is 0 Å². The van der Waals surface area contributed by atoms with Crippen LogP contribution in [0.2, 0.25) is 0 Å². The first kappa shape index (κ1) is 7.34. The Labute approximate surface area is 59.9 Å². The van der Waals surface area contributed by atoms with Crippen molar-refractivity contribution in [2.75, 3.05) is 12.9 Å². The summed E-state index contributed by atoms with van der Waals surface area (Å²) < 4.78 is 9.88. The predicted molar refractivity (Wildman–Crippen MR) is 37.5 cm³/mol. The van der Waals surface area contributed by atoms with Crippen LogP contribution in [0.15, 0.2) is 0 Å². The average Bonchev–Trinajstić information content (AvgIpc) is 2.64. The molecule has 0 aromatic carbocycles. The van der Waals surface area contributed by atoms with E-state index in [4.69, 9.17) is 15.2 Å². The lowest BCUT2D eigenvalue weighted by Crippen LogP contribution is -2.29. The highest BCUT2D eigenvalue weighted by atomic mass is 32.1. The van der Waals surface area contributed by atoms with E-state index in [0.717, 1.165) is 0 Å². The Balaban J connectivity index is 2.17. The minimum Gasteiger partial charge on any atom is -0.353 e.